The molecule has 0 atom stereocenters. The van der Waals surface area contributed by atoms with Crippen LogP contribution in [0, 0.1) is 0 Å². The molecular weight excluding hydrogens is 220 g/mol. The predicted molar refractivity (Wildman–Crippen MR) is 79.3 cm³/mol. The molecule has 18 heavy (non-hydrogen) atoms. The van der Waals surface area contributed by atoms with Crippen LogP contribution in [0.1, 0.15) is 26.3 Å². The standard InChI is InChI=1S/C16H20N2/c1-16(2,3)12-8-4-6-10-14(12)18-15-11-7-5-9-13(15)17/h4-11,18H,17H2,1-3H3. The minimum Gasteiger partial charge on any atom is -0.397 e. The van der Waals surface area contributed by atoms with Crippen LogP contribution in [-0.4, -0.2) is 0 Å². The Kier molecular flexibility index (Phi) is 3.28. The van der Waals surface area contributed by atoms with Gasteiger partial charge in [0, 0.05) is 5.69 Å². The molecule has 2 heteroatoms. The van der Waals surface area contributed by atoms with E-state index < -0.39 is 0 Å². The van der Waals surface area contributed by atoms with Crippen LogP contribution >= 0.6 is 0 Å². The molecule has 2 aromatic carbocycles. The fraction of sp³-hybridized carbons (Fsp3) is 0.250. The zero-order valence-corrected chi connectivity index (χ0v) is 11.2. The number of anilines is 3. The van der Waals surface area contributed by atoms with E-state index in [4.69, 9.17) is 5.73 Å². The van der Waals surface area contributed by atoms with E-state index in [-0.39, 0.29) is 5.41 Å². The highest BCUT2D eigenvalue weighted by Gasteiger charge is 2.17. The smallest absolute Gasteiger partial charge is 0.0617 e. The van der Waals surface area contributed by atoms with Gasteiger partial charge in [-0.05, 0) is 29.2 Å². The van der Waals surface area contributed by atoms with Crippen molar-refractivity contribution in [1.29, 1.82) is 0 Å². The summed E-state index contributed by atoms with van der Waals surface area (Å²) in [6.45, 7) is 6.63. The van der Waals surface area contributed by atoms with E-state index in [0.717, 1.165) is 17.1 Å². The van der Waals surface area contributed by atoms with Crippen LogP contribution in [0.25, 0.3) is 0 Å². The molecule has 0 saturated carbocycles. The van der Waals surface area contributed by atoms with Gasteiger partial charge in [-0.1, -0.05) is 51.1 Å². The summed E-state index contributed by atoms with van der Waals surface area (Å²) < 4.78 is 0. The van der Waals surface area contributed by atoms with Gasteiger partial charge in [0.2, 0.25) is 0 Å². The van der Waals surface area contributed by atoms with E-state index in [9.17, 15) is 0 Å². The third kappa shape index (κ3) is 2.65. The first kappa shape index (κ1) is 12.5. The molecular formula is C16H20N2. The highest BCUT2D eigenvalue weighted by atomic mass is 14.9. The maximum Gasteiger partial charge on any atom is 0.0617 e. The Morgan fingerprint density at radius 1 is 0.833 bits per heavy atom. The minimum absolute atomic E-state index is 0.104. The normalized spacial score (nSPS) is 11.3. The second-order valence-electron chi connectivity index (χ2n) is 5.51. The van der Waals surface area contributed by atoms with Gasteiger partial charge in [0.25, 0.3) is 0 Å². The summed E-state index contributed by atoms with van der Waals surface area (Å²) in [5.74, 6) is 0. The number of hydrogen-bond acceptors (Lipinski definition) is 2. The van der Waals surface area contributed by atoms with Crippen LogP contribution in [0.5, 0.6) is 0 Å². The van der Waals surface area contributed by atoms with E-state index >= 15 is 0 Å². The lowest BCUT2D eigenvalue weighted by atomic mass is 9.86. The molecule has 0 saturated heterocycles. The van der Waals surface area contributed by atoms with Crippen LogP contribution in [-0.2, 0) is 5.41 Å². The molecule has 0 spiro atoms. The first-order valence-corrected chi connectivity index (χ1v) is 6.19. The Labute approximate surface area is 109 Å². The number of benzene rings is 2. The Morgan fingerprint density at radius 3 is 2.00 bits per heavy atom. The first-order chi connectivity index (χ1) is 8.48. The van der Waals surface area contributed by atoms with Gasteiger partial charge in [0.1, 0.15) is 0 Å². The molecule has 0 fully saturated rings. The van der Waals surface area contributed by atoms with Crippen molar-refractivity contribution in [1.82, 2.24) is 0 Å². The predicted octanol–water partition coefficient (Wildman–Crippen LogP) is 4.31. The molecule has 2 nitrogen and oxygen atoms in total. The quantitative estimate of drug-likeness (QED) is 0.768. The van der Waals surface area contributed by atoms with E-state index in [0.29, 0.717) is 0 Å². The lowest BCUT2D eigenvalue weighted by molar-refractivity contribution is 0.592. The molecule has 2 rings (SSSR count). The van der Waals surface area contributed by atoms with E-state index in [1.54, 1.807) is 0 Å². The zero-order valence-electron chi connectivity index (χ0n) is 11.2. The van der Waals surface area contributed by atoms with Gasteiger partial charge >= 0.3 is 0 Å². The van der Waals surface area contributed by atoms with Crippen LogP contribution in [0.15, 0.2) is 48.5 Å². The minimum atomic E-state index is 0.104. The number of hydrogen-bond donors (Lipinski definition) is 2. The number of para-hydroxylation sites is 3. The summed E-state index contributed by atoms with van der Waals surface area (Å²) in [5.41, 5.74) is 10.2. The third-order valence-electron chi connectivity index (χ3n) is 2.97. The van der Waals surface area contributed by atoms with E-state index in [1.807, 2.05) is 30.3 Å². The van der Waals surface area contributed by atoms with Gasteiger partial charge in [-0.15, -0.1) is 0 Å². The van der Waals surface area contributed by atoms with Gasteiger partial charge in [-0.3, -0.25) is 0 Å². The average molecular weight is 240 g/mol. The molecule has 94 valence electrons. The molecule has 0 aliphatic heterocycles. The average Bonchev–Trinajstić information content (AvgIpc) is 2.31. The number of nitrogen functional groups attached to an aromatic ring is 1. The second kappa shape index (κ2) is 4.73. The lowest BCUT2D eigenvalue weighted by Gasteiger charge is -2.23. The van der Waals surface area contributed by atoms with Gasteiger partial charge in [0.15, 0.2) is 0 Å². The monoisotopic (exact) mass is 240 g/mol. The molecule has 0 aliphatic rings. The second-order valence-corrected chi connectivity index (χ2v) is 5.51. The third-order valence-corrected chi connectivity index (χ3v) is 2.97. The van der Waals surface area contributed by atoms with E-state index in [2.05, 4.69) is 44.3 Å². The van der Waals surface area contributed by atoms with Gasteiger partial charge in [-0.2, -0.15) is 0 Å². The Morgan fingerprint density at radius 2 is 1.39 bits per heavy atom. The summed E-state index contributed by atoms with van der Waals surface area (Å²) in [5, 5.41) is 3.42. The van der Waals surface area contributed by atoms with Crippen LogP contribution in [0.2, 0.25) is 0 Å². The van der Waals surface area contributed by atoms with Crippen molar-refractivity contribution >= 4 is 17.1 Å². The van der Waals surface area contributed by atoms with Crippen LogP contribution in [0.3, 0.4) is 0 Å². The molecule has 0 amide bonds. The fourth-order valence-electron chi connectivity index (χ4n) is 2.00. The highest BCUT2D eigenvalue weighted by Crippen LogP contribution is 2.32. The summed E-state index contributed by atoms with van der Waals surface area (Å²) >= 11 is 0. The SMILES string of the molecule is CC(C)(C)c1ccccc1Nc1ccccc1N. The topological polar surface area (TPSA) is 38.0 Å². The molecule has 0 aromatic heterocycles. The van der Waals surface area contributed by atoms with Crippen molar-refractivity contribution in [3.05, 3.63) is 54.1 Å². The summed E-state index contributed by atoms with van der Waals surface area (Å²) in [6, 6.07) is 16.2. The number of nitrogens with two attached hydrogens (primary N) is 1. The van der Waals surface area contributed by atoms with Crippen molar-refractivity contribution in [2.75, 3.05) is 11.1 Å². The van der Waals surface area contributed by atoms with Crippen LogP contribution < -0.4 is 11.1 Å². The van der Waals surface area contributed by atoms with Gasteiger partial charge in [0.05, 0.1) is 11.4 Å². The fourth-order valence-corrected chi connectivity index (χ4v) is 2.00. The van der Waals surface area contributed by atoms with Gasteiger partial charge < -0.3 is 11.1 Å². The summed E-state index contributed by atoms with van der Waals surface area (Å²) in [6.07, 6.45) is 0. The molecule has 0 bridgehead atoms. The molecule has 2 aromatic rings. The van der Waals surface area contributed by atoms with E-state index in [1.165, 1.54) is 5.56 Å². The van der Waals surface area contributed by atoms with Crippen LogP contribution in [0.4, 0.5) is 17.1 Å². The number of rotatable bonds is 2. The summed E-state index contributed by atoms with van der Waals surface area (Å²) in [7, 11) is 0. The molecule has 0 aliphatic carbocycles. The molecule has 0 radical (unpaired) electrons. The highest BCUT2D eigenvalue weighted by molar-refractivity contribution is 5.74. The van der Waals surface area contributed by atoms with Crippen molar-refractivity contribution in [3.63, 3.8) is 0 Å². The zero-order chi connectivity index (χ0) is 13.2. The lowest BCUT2D eigenvalue weighted by Crippen LogP contribution is -2.13. The number of nitrogens with one attached hydrogen (secondary N) is 1. The molecule has 0 heterocycles. The molecule has 0 unspecified atom stereocenters. The maximum atomic E-state index is 5.97. The van der Waals surface area contributed by atoms with Crippen molar-refractivity contribution in [3.8, 4) is 0 Å². The van der Waals surface area contributed by atoms with Crippen molar-refractivity contribution in [2.24, 2.45) is 0 Å². The largest absolute Gasteiger partial charge is 0.397 e. The van der Waals surface area contributed by atoms with Crippen molar-refractivity contribution in [2.45, 2.75) is 26.2 Å². The Hall–Kier alpha value is -1.96. The Bertz CT molecular complexity index is 539. The van der Waals surface area contributed by atoms with Crippen molar-refractivity contribution < 1.29 is 0 Å². The summed E-state index contributed by atoms with van der Waals surface area (Å²) in [4.78, 5) is 0. The first-order valence-electron chi connectivity index (χ1n) is 6.19. The van der Waals surface area contributed by atoms with Gasteiger partial charge in [-0.25, -0.2) is 0 Å². The molecule has 3 N–H and O–H groups in total. The maximum absolute atomic E-state index is 5.97. The Balaban J connectivity index is 2.39.